The Morgan fingerprint density at radius 1 is 1.55 bits per heavy atom. The molecule has 1 atom stereocenters. The van der Waals surface area contributed by atoms with Gasteiger partial charge in [0, 0.05) is 11.8 Å². The normalized spacial score (nSPS) is 13.4. The zero-order valence-corrected chi connectivity index (χ0v) is 12.4. The molecule has 1 aromatic heterocycles. The molecule has 1 aromatic rings. The van der Waals surface area contributed by atoms with Crippen molar-refractivity contribution in [2.45, 2.75) is 45.8 Å². The monoisotopic (exact) mass is 278 g/mol. The molecule has 1 heterocycles. The summed E-state index contributed by atoms with van der Waals surface area (Å²) in [5, 5.41) is 10.2. The Kier molecular flexibility index (Phi) is 5.21. The van der Waals surface area contributed by atoms with E-state index < -0.39 is 11.6 Å². The first-order chi connectivity index (χ1) is 9.35. The highest BCUT2D eigenvalue weighted by Crippen LogP contribution is 2.26. The standard InChI is InChI=1S/C14H22N4O2/c1-5-7-10-8-16-13(15)17-12(10)18(9-19)11(6-2)14(3,4)20/h5,7-9,11,20H,6H2,1-4H3,(H2,15,16,17)/b7-5-/t11-/m1/s1. The van der Waals surface area contributed by atoms with Crippen LogP contribution in [0.15, 0.2) is 12.3 Å². The van der Waals surface area contributed by atoms with Crippen molar-refractivity contribution in [3.63, 3.8) is 0 Å². The van der Waals surface area contributed by atoms with E-state index in [1.807, 2.05) is 19.9 Å². The van der Waals surface area contributed by atoms with Crippen LogP contribution in [0.25, 0.3) is 6.08 Å². The van der Waals surface area contributed by atoms with Gasteiger partial charge in [-0.3, -0.25) is 9.69 Å². The van der Waals surface area contributed by atoms with Gasteiger partial charge in [0.25, 0.3) is 0 Å². The van der Waals surface area contributed by atoms with Crippen LogP contribution in [0.3, 0.4) is 0 Å². The van der Waals surface area contributed by atoms with Gasteiger partial charge >= 0.3 is 0 Å². The Labute approximate surface area is 119 Å². The number of anilines is 2. The third-order valence-electron chi connectivity index (χ3n) is 3.06. The maximum absolute atomic E-state index is 11.5. The summed E-state index contributed by atoms with van der Waals surface area (Å²) in [4.78, 5) is 21.0. The number of hydrogen-bond acceptors (Lipinski definition) is 5. The lowest BCUT2D eigenvalue weighted by atomic mass is 9.95. The van der Waals surface area contributed by atoms with Crippen molar-refractivity contribution >= 4 is 24.3 Å². The fourth-order valence-electron chi connectivity index (χ4n) is 2.21. The lowest BCUT2D eigenvalue weighted by Crippen LogP contribution is -2.49. The summed E-state index contributed by atoms with van der Waals surface area (Å²) in [5.41, 5.74) is 5.24. The maximum atomic E-state index is 11.5. The third-order valence-corrected chi connectivity index (χ3v) is 3.06. The first kappa shape index (κ1) is 16.1. The second kappa shape index (κ2) is 6.47. The number of carbonyl (C=O) groups excluding carboxylic acids is 1. The van der Waals surface area contributed by atoms with E-state index in [-0.39, 0.29) is 5.95 Å². The molecule has 0 aliphatic rings. The number of carbonyl (C=O) groups is 1. The number of nitrogens with two attached hydrogens (primary N) is 1. The van der Waals surface area contributed by atoms with Crippen molar-refractivity contribution in [2.75, 3.05) is 10.6 Å². The van der Waals surface area contributed by atoms with E-state index in [1.165, 1.54) is 4.90 Å². The van der Waals surface area contributed by atoms with E-state index in [9.17, 15) is 9.90 Å². The molecule has 3 N–H and O–H groups in total. The molecule has 0 saturated heterocycles. The molecule has 0 fully saturated rings. The van der Waals surface area contributed by atoms with Gasteiger partial charge in [0.05, 0.1) is 11.6 Å². The summed E-state index contributed by atoms with van der Waals surface area (Å²) in [7, 11) is 0. The van der Waals surface area contributed by atoms with Gasteiger partial charge in [-0.05, 0) is 27.2 Å². The van der Waals surface area contributed by atoms with E-state index >= 15 is 0 Å². The molecule has 0 spiro atoms. The number of amides is 1. The fourth-order valence-corrected chi connectivity index (χ4v) is 2.21. The molecule has 0 radical (unpaired) electrons. The second-order valence-electron chi connectivity index (χ2n) is 5.10. The number of nitrogen functional groups attached to an aromatic ring is 1. The van der Waals surface area contributed by atoms with Crippen molar-refractivity contribution in [2.24, 2.45) is 0 Å². The summed E-state index contributed by atoms with van der Waals surface area (Å²) in [6, 6.07) is -0.404. The van der Waals surface area contributed by atoms with Gasteiger partial charge in [0.1, 0.15) is 5.82 Å². The third kappa shape index (κ3) is 3.54. The smallest absolute Gasteiger partial charge is 0.221 e. The molecular formula is C14H22N4O2. The van der Waals surface area contributed by atoms with Crippen LogP contribution in [0, 0.1) is 0 Å². The van der Waals surface area contributed by atoms with Crippen molar-refractivity contribution in [3.8, 4) is 0 Å². The van der Waals surface area contributed by atoms with Gasteiger partial charge in [0.15, 0.2) is 0 Å². The quantitative estimate of drug-likeness (QED) is 0.771. The van der Waals surface area contributed by atoms with Crippen molar-refractivity contribution in [3.05, 3.63) is 17.8 Å². The van der Waals surface area contributed by atoms with Crippen LogP contribution in [0.5, 0.6) is 0 Å². The number of nitrogens with zero attached hydrogens (tertiary/aromatic N) is 3. The first-order valence-electron chi connectivity index (χ1n) is 6.56. The number of rotatable bonds is 6. The summed E-state index contributed by atoms with van der Waals surface area (Å²) < 4.78 is 0. The topological polar surface area (TPSA) is 92.3 Å². The van der Waals surface area contributed by atoms with Gasteiger partial charge in [-0.15, -0.1) is 0 Å². The number of aromatic nitrogens is 2. The predicted molar refractivity (Wildman–Crippen MR) is 80.1 cm³/mol. The number of allylic oxidation sites excluding steroid dienone is 1. The van der Waals surface area contributed by atoms with E-state index in [0.717, 1.165) is 0 Å². The lowest BCUT2D eigenvalue weighted by molar-refractivity contribution is -0.109. The molecule has 0 aromatic carbocycles. The van der Waals surface area contributed by atoms with E-state index in [0.29, 0.717) is 24.2 Å². The SMILES string of the molecule is C/C=C\c1cnc(N)nc1N(C=O)[C@H](CC)C(C)(C)O. The second-order valence-corrected chi connectivity index (χ2v) is 5.10. The highest BCUT2D eigenvalue weighted by molar-refractivity contribution is 5.80. The summed E-state index contributed by atoms with van der Waals surface area (Å²) in [5.74, 6) is 0.491. The minimum absolute atomic E-state index is 0.0886. The Morgan fingerprint density at radius 2 is 2.20 bits per heavy atom. The highest BCUT2D eigenvalue weighted by Gasteiger charge is 2.32. The van der Waals surface area contributed by atoms with Gasteiger partial charge in [-0.2, -0.15) is 4.98 Å². The van der Waals surface area contributed by atoms with Crippen LogP contribution < -0.4 is 10.6 Å². The Balaban J connectivity index is 3.37. The summed E-state index contributed by atoms with van der Waals surface area (Å²) >= 11 is 0. The van der Waals surface area contributed by atoms with Crippen LogP contribution in [0.2, 0.25) is 0 Å². The maximum Gasteiger partial charge on any atom is 0.221 e. The van der Waals surface area contributed by atoms with Crippen molar-refractivity contribution in [1.82, 2.24) is 9.97 Å². The zero-order chi connectivity index (χ0) is 15.3. The molecule has 0 aliphatic carbocycles. The van der Waals surface area contributed by atoms with Gasteiger partial charge < -0.3 is 10.8 Å². The number of hydrogen-bond donors (Lipinski definition) is 2. The van der Waals surface area contributed by atoms with E-state index in [2.05, 4.69) is 9.97 Å². The van der Waals surface area contributed by atoms with E-state index in [1.54, 1.807) is 26.1 Å². The van der Waals surface area contributed by atoms with Crippen LogP contribution >= 0.6 is 0 Å². The number of aliphatic hydroxyl groups is 1. The minimum Gasteiger partial charge on any atom is -0.388 e. The van der Waals surface area contributed by atoms with Gasteiger partial charge in [-0.1, -0.05) is 19.1 Å². The van der Waals surface area contributed by atoms with Crippen molar-refractivity contribution in [1.29, 1.82) is 0 Å². The molecule has 1 rings (SSSR count). The van der Waals surface area contributed by atoms with Crippen LogP contribution in [-0.4, -0.2) is 33.1 Å². The predicted octanol–water partition coefficient (Wildman–Crippen LogP) is 1.60. The summed E-state index contributed by atoms with van der Waals surface area (Å²) in [6.07, 6.45) is 6.43. The lowest BCUT2D eigenvalue weighted by Gasteiger charge is -2.36. The molecule has 6 nitrogen and oxygen atoms in total. The molecule has 0 bridgehead atoms. The zero-order valence-electron chi connectivity index (χ0n) is 12.4. The van der Waals surface area contributed by atoms with Crippen LogP contribution in [0.1, 0.15) is 39.7 Å². The van der Waals surface area contributed by atoms with Gasteiger partial charge in [0.2, 0.25) is 12.4 Å². The molecule has 1 amide bonds. The molecular weight excluding hydrogens is 256 g/mol. The van der Waals surface area contributed by atoms with E-state index in [4.69, 9.17) is 5.73 Å². The molecule has 0 unspecified atom stereocenters. The average molecular weight is 278 g/mol. The first-order valence-corrected chi connectivity index (χ1v) is 6.56. The molecule has 110 valence electrons. The average Bonchev–Trinajstić information content (AvgIpc) is 2.36. The fraction of sp³-hybridized carbons (Fsp3) is 0.500. The van der Waals surface area contributed by atoms with Crippen molar-refractivity contribution < 1.29 is 9.90 Å². The van der Waals surface area contributed by atoms with Gasteiger partial charge in [-0.25, -0.2) is 4.98 Å². The Bertz CT molecular complexity index is 494. The largest absolute Gasteiger partial charge is 0.388 e. The van der Waals surface area contributed by atoms with Crippen LogP contribution in [0.4, 0.5) is 11.8 Å². The van der Waals surface area contributed by atoms with Crippen LogP contribution in [-0.2, 0) is 4.79 Å². The molecule has 6 heteroatoms. The molecule has 20 heavy (non-hydrogen) atoms. The highest BCUT2D eigenvalue weighted by atomic mass is 16.3. The minimum atomic E-state index is -1.05. The molecule has 0 aliphatic heterocycles. The Hall–Kier alpha value is -1.95. The Morgan fingerprint density at radius 3 is 2.65 bits per heavy atom. The molecule has 0 saturated carbocycles. The summed E-state index contributed by atoms with van der Waals surface area (Å²) in [6.45, 7) is 7.09.